The Morgan fingerprint density at radius 1 is 1.43 bits per heavy atom. The van der Waals surface area contributed by atoms with Gasteiger partial charge < -0.3 is 14.6 Å². The molecule has 0 saturated heterocycles. The molecule has 0 unspecified atom stereocenters. The van der Waals surface area contributed by atoms with Gasteiger partial charge in [-0.3, -0.25) is 4.90 Å². The Morgan fingerprint density at radius 2 is 2.14 bits per heavy atom. The summed E-state index contributed by atoms with van der Waals surface area (Å²) in [5.74, 6) is 0.649. The van der Waals surface area contributed by atoms with Crippen LogP contribution in [0.5, 0.6) is 5.75 Å². The second kappa shape index (κ2) is 4.63. The first-order valence-electron chi connectivity index (χ1n) is 7.25. The number of hydrogen-bond acceptors (Lipinski definition) is 4. The van der Waals surface area contributed by atoms with E-state index in [9.17, 15) is 9.90 Å². The Morgan fingerprint density at radius 3 is 2.71 bits per heavy atom. The number of aliphatic hydroxyl groups is 1. The molecular formula is C16H21NO4. The molecule has 1 aromatic carbocycles. The van der Waals surface area contributed by atoms with Crippen molar-refractivity contribution in [3.8, 4) is 5.75 Å². The van der Waals surface area contributed by atoms with E-state index in [1.165, 1.54) is 0 Å². The summed E-state index contributed by atoms with van der Waals surface area (Å²) in [5, 5.41) is 9.25. The van der Waals surface area contributed by atoms with Gasteiger partial charge in [0.2, 0.25) is 0 Å². The van der Waals surface area contributed by atoms with Crippen LogP contribution in [0.25, 0.3) is 0 Å². The number of fused-ring (bicyclic) bond motifs is 1. The van der Waals surface area contributed by atoms with Gasteiger partial charge >= 0.3 is 6.09 Å². The lowest BCUT2D eigenvalue weighted by molar-refractivity contribution is 0.0537. The van der Waals surface area contributed by atoms with Crippen molar-refractivity contribution in [2.45, 2.75) is 51.4 Å². The van der Waals surface area contributed by atoms with Crippen molar-refractivity contribution < 1.29 is 19.4 Å². The van der Waals surface area contributed by atoms with E-state index < -0.39 is 5.60 Å². The van der Waals surface area contributed by atoms with Crippen molar-refractivity contribution in [3.05, 3.63) is 23.8 Å². The van der Waals surface area contributed by atoms with Crippen molar-refractivity contribution >= 4 is 11.8 Å². The van der Waals surface area contributed by atoms with E-state index in [1.54, 1.807) is 23.1 Å². The maximum Gasteiger partial charge on any atom is 0.415 e. The number of anilines is 1. The van der Waals surface area contributed by atoms with E-state index in [-0.39, 0.29) is 18.3 Å². The second-order valence-electron chi connectivity index (χ2n) is 6.81. The smallest absolute Gasteiger partial charge is 0.415 e. The quantitative estimate of drug-likeness (QED) is 0.864. The second-order valence-corrected chi connectivity index (χ2v) is 6.81. The SMILES string of the molecule is CC(C)(C)OC(=O)N1CC2(CC2)Oc2cc(CO)ccc21. The number of hydrogen-bond donors (Lipinski definition) is 1. The monoisotopic (exact) mass is 291 g/mol. The molecule has 1 aliphatic carbocycles. The highest BCUT2D eigenvalue weighted by molar-refractivity contribution is 5.91. The van der Waals surface area contributed by atoms with Crippen LogP contribution in [0.3, 0.4) is 0 Å². The average Bonchev–Trinajstić information content (AvgIpc) is 3.14. The van der Waals surface area contributed by atoms with E-state index in [1.807, 2.05) is 20.8 Å². The fourth-order valence-corrected chi connectivity index (χ4v) is 2.48. The minimum atomic E-state index is -0.530. The molecule has 1 saturated carbocycles. The summed E-state index contributed by atoms with van der Waals surface area (Å²) >= 11 is 0. The molecule has 5 nitrogen and oxygen atoms in total. The molecule has 1 heterocycles. The van der Waals surface area contributed by atoms with Crippen molar-refractivity contribution in [2.24, 2.45) is 0 Å². The van der Waals surface area contributed by atoms with Gasteiger partial charge in [0, 0.05) is 0 Å². The van der Waals surface area contributed by atoms with E-state index in [2.05, 4.69) is 0 Å². The molecule has 21 heavy (non-hydrogen) atoms. The van der Waals surface area contributed by atoms with Crippen molar-refractivity contribution in [1.29, 1.82) is 0 Å². The summed E-state index contributed by atoms with van der Waals surface area (Å²) in [6.45, 7) is 6.04. The Balaban J connectivity index is 1.93. The number of nitrogens with zero attached hydrogens (tertiary/aromatic N) is 1. The number of rotatable bonds is 1. The molecule has 1 N–H and O–H groups in total. The lowest BCUT2D eigenvalue weighted by Crippen LogP contribution is -2.47. The zero-order valence-electron chi connectivity index (χ0n) is 12.7. The zero-order chi connectivity index (χ0) is 15.3. The van der Waals surface area contributed by atoms with Gasteiger partial charge in [-0.25, -0.2) is 4.79 Å². The van der Waals surface area contributed by atoms with E-state index >= 15 is 0 Å². The molecule has 0 bridgehead atoms. The van der Waals surface area contributed by atoms with Gasteiger partial charge in [-0.05, 0) is 51.3 Å². The maximum atomic E-state index is 12.4. The number of aliphatic hydroxyl groups excluding tert-OH is 1. The molecule has 1 aliphatic heterocycles. The molecular weight excluding hydrogens is 270 g/mol. The standard InChI is InChI=1S/C16H21NO4/c1-15(2,3)21-14(19)17-10-16(6-7-16)20-13-8-11(9-18)4-5-12(13)17/h4-5,8,18H,6-7,9-10H2,1-3H3. The molecule has 114 valence electrons. The molecule has 0 radical (unpaired) electrons. The van der Waals surface area contributed by atoms with E-state index in [0.29, 0.717) is 18.0 Å². The summed E-state index contributed by atoms with van der Waals surface area (Å²) < 4.78 is 11.5. The van der Waals surface area contributed by atoms with E-state index in [0.717, 1.165) is 18.4 Å². The van der Waals surface area contributed by atoms with Crippen molar-refractivity contribution in [3.63, 3.8) is 0 Å². The van der Waals surface area contributed by atoms with E-state index in [4.69, 9.17) is 9.47 Å². The van der Waals surface area contributed by atoms with Crippen LogP contribution in [-0.2, 0) is 11.3 Å². The predicted molar refractivity (Wildman–Crippen MR) is 78.5 cm³/mol. The van der Waals surface area contributed by atoms with Gasteiger partial charge in [0.25, 0.3) is 0 Å². The third kappa shape index (κ3) is 2.83. The third-order valence-corrected chi connectivity index (χ3v) is 3.69. The summed E-state index contributed by atoms with van der Waals surface area (Å²) in [7, 11) is 0. The number of carbonyl (C=O) groups excluding carboxylic acids is 1. The highest BCUT2D eigenvalue weighted by Gasteiger charge is 2.51. The minimum Gasteiger partial charge on any atom is -0.483 e. The zero-order valence-corrected chi connectivity index (χ0v) is 12.7. The summed E-state index contributed by atoms with van der Waals surface area (Å²) in [6.07, 6.45) is 1.53. The average molecular weight is 291 g/mol. The molecule has 1 spiro atoms. The van der Waals surface area contributed by atoms with Gasteiger partial charge in [-0.2, -0.15) is 0 Å². The number of benzene rings is 1. The topological polar surface area (TPSA) is 59.0 Å². The van der Waals surface area contributed by atoms with Crippen LogP contribution in [0.15, 0.2) is 18.2 Å². The predicted octanol–water partition coefficient (Wildman–Crippen LogP) is 2.85. The molecule has 0 aromatic heterocycles. The van der Waals surface area contributed by atoms with Gasteiger partial charge in [0.15, 0.2) is 0 Å². The van der Waals surface area contributed by atoms with Gasteiger partial charge in [0.05, 0.1) is 18.8 Å². The Labute approximate surface area is 124 Å². The van der Waals surface area contributed by atoms with Crippen LogP contribution in [0.4, 0.5) is 10.5 Å². The van der Waals surface area contributed by atoms with Crippen LogP contribution in [-0.4, -0.2) is 28.9 Å². The number of amides is 1. The van der Waals surface area contributed by atoms with Crippen LogP contribution < -0.4 is 9.64 Å². The molecule has 1 aromatic rings. The molecule has 3 rings (SSSR count). The third-order valence-electron chi connectivity index (χ3n) is 3.69. The highest BCUT2D eigenvalue weighted by atomic mass is 16.6. The number of ether oxygens (including phenoxy) is 2. The molecule has 0 atom stereocenters. The number of carbonyl (C=O) groups is 1. The van der Waals surface area contributed by atoms with Gasteiger partial charge in [0.1, 0.15) is 17.0 Å². The fraction of sp³-hybridized carbons (Fsp3) is 0.562. The molecule has 2 aliphatic rings. The summed E-state index contributed by atoms with van der Waals surface area (Å²) in [4.78, 5) is 14.1. The first kappa shape index (κ1) is 14.2. The normalized spacial score (nSPS) is 19.0. The molecule has 1 fully saturated rings. The largest absolute Gasteiger partial charge is 0.483 e. The fourth-order valence-electron chi connectivity index (χ4n) is 2.48. The van der Waals surface area contributed by atoms with Crippen molar-refractivity contribution in [1.82, 2.24) is 0 Å². The summed E-state index contributed by atoms with van der Waals surface area (Å²) in [5.41, 5.74) is 0.685. The summed E-state index contributed by atoms with van der Waals surface area (Å²) in [6, 6.07) is 5.40. The van der Waals surface area contributed by atoms with Gasteiger partial charge in [-0.1, -0.05) is 6.07 Å². The first-order valence-corrected chi connectivity index (χ1v) is 7.25. The van der Waals surface area contributed by atoms with Crippen LogP contribution in [0.2, 0.25) is 0 Å². The Bertz CT molecular complexity index is 572. The van der Waals surface area contributed by atoms with Crippen LogP contribution in [0, 0.1) is 0 Å². The maximum absolute atomic E-state index is 12.4. The van der Waals surface area contributed by atoms with Crippen LogP contribution >= 0.6 is 0 Å². The molecule has 1 amide bonds. The first-order chi connectivity index (χ1) is 9.82. The minimum absolute atomic E-state index is 0.0456. The Kier molecular flexibility index (Phi) is 3.13. The molecule has 5 heteroatoms. The van der Waals surface area contributed by atoms with Crippen LogP contribution in [0.1, 0.15) is 39.2 Å². The lowest BCUT2D eigenvalue weighted by Gasteiger charge is -2.36. The lowest BCUT2D eigenvalue weighted by atomic mass is 10.1. The van der Waals surface area contributed by atoms with Crippen molar-refractivity contribution in [2.75, 3.05) is 11.4 Å². The van der Waals surface area contributed by atoms with Gasteiger partial charge in [-0.15, -0.1) is 0 Å². The highest BCUT2D eigenvalue weighted by Crippen LogP contribution is 2.48. The Hall–Kier alpha value is -1.75.